The van der Waals surface area contributed by atoms with Gasteiger partial charge in [0, 0.05) is 30.0 Å². The Hall–Kier alpha value is -3.30. The van der Waals surface area contributed by atoms with Crippen LogP contribution in [0.25, 0.3) is 21.7 Å². The Morgan fingerprint density at radius 2 is 2.03 bits per heavy atom. The van der Waals surface area contributed by atoms with Crippen molar-refractivity contribution >= 4 is 39.7 Å². The fourth-order valence-electron chi connectivity index (χ4n) is 5.06. The van der Waals surface area contributed by atoms with Gasteiger partial charge in [-0.15, -0.1) is 11.3 Å². The maximum absolute atomic E-state index is 12.7. The summed E-state index contributed by atoms with van der Waals surface area (Å²) in [6, 6.07) is 7.95. The van der Waals surface area contributed by atoms with E-state index in [4.69, 9.17) is 19.4 Å². The molecule has 4 aromatic rings. The molecule has 0 bridgehead atoms. The first-order valence-corrected chi connectivity index (χ1v) is 13.8. The van der Waals surface area contributed by atoms with Crippen molar-refractivity contribution in [3.8, 4) is 16.3 Å². The smallest absolute Gasteiger partial charge is 0.164 e. The average molecular weight is 518 g/mol. The minimum Gasteiger partial charge on any atom is -0.494 e. The number of carbonyl (C=O) groups is 1. The first kappa shape index (κ1) is 24.1. The fourth-order valence-corrected chi connectivity index (χ4v) is 5.88. The second-order valence-corrected chi connectivity index (χ2v) is 10.8. The molecular formula is C28H31N5O3S. The van der Waals surface area contributed by atoms with Gasteiger partial charge in [0.15, 0.2) is 11.4 Å². The number of benzene rings is 1. The number of pyridine rings is 1. The van der Waals surface area contributed by atoms with Crippen LogP contribution in [-0.2, 0) is 16.0 Å². The SMILES string of the molecule is COc1c(Nc2cc(CC(=O)C3CC3)nc3c2nc(C)n3C2CCCCO2)cccc1-c1nc(C)cs1. The number of carbonyl (C=O) groups excluding carboxylic acids is 1. The number of nitrogens with zero attached hydrogens (tertiary/aromatic N) is 4. The third-order valence-corrected chi connectivity index (χ3v) is 8.04. The van der Waals surface area contributed by atoms with Crippen molar-refractivity contribution in [1.82, 2.24) is 19.5 Å². The van der Waals surface area contributed by atoms with Crippen LogP contribution in [-0.4, -0.2) is 39.0 Å². The number of ketones is 1. The van der Waals surface area contributed by atoms with Gasteiger partial charge in [-0.1, -0.05) is 6.07 Å². The summed E-state index contributed by atoms with van der Waals surface area (Å²) in [6.07, 6.45) is 5.29. The van der Waals surface area contributed by atoms with Gasteiger partial charge < -0.3 is 14.8 Å². The van der Waals surface area contributed by atoms with Gasteiger partial charge in [0.25, 0.3) is 0 Å². The standard InChI is InChI=1S/C28H31N5O3S/c1-16-15-37-28(29-16)20-7-6-8-21(26(20)35-3)32-22-13-19(14-23(34)18-10-11-18)31-27-25(22)30-17(2)33(27)24-9-4-5-12-36-24/h6-8,13,15,18,24H,4-5,9-12,14H2,1-3H3,(H,31,32). The number of aryl methyl sites for hydroxylation is 2. The van der Waals surface area contributed by atoms with Gasteiger partial charge >= 0.3 is 0 Å². The van der Waals surface area contributed by atoms with Crippen LogP contribution in [0.2, 0.25) is 0 Å². The molecule has 1 aliphatic heterocycles. The lowest BCUT2D eigenvalue weighted by Crippen LogP contribution is -2.19. The van der Waals surface area contributed by atoms with E-state index in [9.17, 15) is 4.79 Å². The summed E-state index contributed by atoms with van der Waals surface area (Å²) >= 11 is 1.59. The third-order valence-electron chi connectivity index (χ3n) is 7.05. The molecule has 0 radical (unpaired) electrons. The minimum absolute atomic E-state index is 0.0977. The molecule has 1 aromatic carbocycles. The number of aromatic nitrogens is 4. The number of nitrogens with one attached hydrogen (secondary N) is 1. The highest BCUT2D eigenvalue weighted by atomic mass is 32.1. The fraction of sp³-hybridized carbons (Fsp3) is 0.429. The molecule has 0 amide bonds. The zero-order valence-corrected chi connectivity index (χ0v) is 22.2. The lowest BCUT2D eigenvalue weighted by Gasteiger charge is -2.25. The number of hydrogen-bond donors (Lipinski definition) is 1. The van der Waals surface area contributed by atoms with Crippen LogP contribution in [0, 0.1) is 19.8 Å². The van der Waals surface area contributed by atoms with E-state index < -0.39 is 0 Å². The van der Waals surface area contributed by atoms with Crippen molar-refractivity contribution in [1.29, 1.82) is 0 Å². The number of para-hydroxylation sites is 1. The zero-order chi connectivity index (χ0) is 25.5. The number of Topliss-reactive ketones (excluding diaryl/α,β-unsaturated/α-hetero) is 1. The summed E-state index contributed by atoms with van der Waals surface area (Å²) < 4.78 is 14.1. The Bertz CT molecular complexity index is 1470. The Morgan fingerprint density at radius 1 is 1.16 bits per heavy atom. The number of ether oxygens (including phenoxy) is 2. The number of imidazole rings is 1. The van der Waals surface area contributed by atoms with Crippen LogP contribution >= 0.6 is 11.3 Å². The summed E-state index contributed by atoms with van der Waals surface area (Å²) in [7, 11) is 1.67. The molecule has 6 rings (SSSR count). The number of fused-ring (bicyclic) bond motifs is 1. The molecule has 1 atom stereocenters. The lowest BCUT2D eigenvalue weighted by atomic mass is 10.1. The van der Waals surface area contributed by atoms with E-state index in [-0.39, 0.29) is 17.9 Å². The number of methoxy groups -OCH3 is 1. The van der Waals surface area contributed by atoms with Gasteiger partial charge in [0.2, 0.25) is 0 Å². The van der Waals surface area contributed by atoms with E-state index in [1.807, 2.05) is 43.5 Å². The summed E-state index contributed by atoms with van der Waals surface area (Å²) in [4.78, 5) is 27.3. The van der Waals surface area contributed by atoms with Crippen molar-refractivity contribution in [3.63, 3.8) is 0 Å². The number of anilines is 2. The maximum Gasteiger partial charge on any atom is 0.164 e. The van der Waals surface area contributed by atoms with Crippen molar-refractivity contribution in [2.24, 2.45) is 5.92 Å². The molecular weight excluding hydrogens is 486 g/mol. The monoisotopic (exact) mass is 517 g/mol. The molecule has 2 fully saturated rings. The predicted molar refractivity (Wildman–Crippen MR) is 145 cm³/mol. The van der Waals surface area contributed by atoms with E-state index >= 15 is 0 Å². The first-order valence-electron chi connectivity index (χ1n) is 12.9. The number of hydrogen-bond acceptors (Lipinski definition) is 8. The average Bonchev–Trinajstić information content (AvgIpc) is 3.58. The van der Waals surface area contributed by atoms with Crippen LogP contribution in [0.4, 0.5) is 11.4 Å². The molecule has 1 N–H and O–H groups in total. The largest absolute Gasteiger partial charge is 0.494 e. The molecule has 0 spiro atoms. The summed E-state index contributed by atoms with van der Waals surface area (Å²) in [5.74, 6) is 2.00. The Kier molecular flexibility index (Phi) is 6.42. The van der Waals surface area contributed by atoms with Crippen LogP contribution in [0.5, 0.6) is 5.75 Å². The molecule has 1 saturated heterocycles. The topological polar surface area (TPSA) is 91.2 Å². The van der Waals surface area contributed by atoms with Crippen LogP contribution in [0.1, 0.15) is 55.5 Å². The molecule has 9 heteroatoms. The van der Waals surface area contributed by atoms with E-state index in [0.717, 1.165) is 89.0 Å². The molecule has 3 aromatic heterocycles. The van der Waals surface area contributed by atoms with Crippen molar-refractivity contribution in [3.05, 3.63) is 46.9 Å². The Labute approximate surface area is 220 Å². The number of rotatable bonds is 8. The number of thiazole rings is 1. The van der Waals surface area contributed by atoms with Gasteiger partial charge in [-0.3, -0.25) is 9.36 Å². The van der Waals surface area contributed by atoms with Crippen molar-refractivity contribution < 1.29 is 14.3 Å². The van der Waals surface area contributed by atoms with Crippen LogP contribution in [0.15, 0.2) is 29.6 Å². The van der Waals surface area contributed by atoms with Crippen LogP contribution < -0.4 is 10.1 Å². The molecule has 1 saturated carbocycles. The van der Waals surface area contributed by atoms with Gasteiger partial charge in [0.05, 0.1) is 29.7 Å². The highest BCUT2D eigenvalue weighted by Gasteiger charge is 2.30. The lowest BCUT2D eigenvalue weighted by molar-refractivity contribution is -0.119. The van der Waals surface area contributed by atoms with Crippen molar-refractivity contribution in [2.45, 2.75) is 58.6 Å². The summed E-state index contributed by atoms with van der Waals surface area (Å²) in [5.41, 5.74) is 5.76. The van der Waals surface area contributed by atoms with E-state index in [2.05, 4.69) is 14.9 Å². The molecule has 8 nitrogen and oxygen atoms in total. The predicted octanol–water partition coefficient (Wildman–Crippen LogP) is 6.14. The molecule has 192 valence electrons. The minimum atomic E-state index is -0.0977. The highest BCUT2D eigenvalue weighted by Crippen LogP contribution is 2.41. The zero-order valence-electron chi connectivity index (χ0n) is 21.4. The van der Waals surface area contributed by atoms with Gasteiger partial charge in [-0.2, -0.15) is 0 Å². The molecule has 4 heterocycles. The van der Waals surface area contributed by atoms with E-state index in [1.54, 1.807) is 18.4 Å². The molecule has 1 aliphatic carbocycles. The second kappa shape index (κ2) is 9.87. The second-order valence-electron chi connectivity index (χ2n) is 9.91. The molecule has 1 unspecified atom stereocenters. The highest BCUT2D eigenvalue weighted by molar-refractivity contribution is 7.13. The molecule has 2 aliphatic rings. The van der Waals surface area contributed by atoms with E-state index in [0.29, 0.717) is 12.2 Å². The van der Waals surface area contributed by atoms with E-state index in [1.165, 1.54) is 0 Å². The maximum atomic E-state index is 12.7. The Balaban J connectivity index is 1.45. The van der Waals surface area contributed by atoms with Gasteiger partial charge in [-0.25, -0.2) is 15.0 Å². The molecule has 37 heavy (non-hydrogen) atoms. The van der Waals surface area contributed by atoms with Gasteiger partial charge in [-0.05, 0) is 64.2 Å². The normalized spacial score (nSPS) is 17.8. The summed E-state index contributed by atoms with van der Waals surface area (Å²) in [6.45, 7) is 4.71. The van der Waals surface area contributed by atoms with Crippen molar-refractivity contribution in [2.75, 3.05) is 19.0 Å². The quantitative estimate of drug-likeness (QED) is 0.300. The first-order chi connectivity index (χ1) is 18.0. The third kappa shape index (κ3) is 4.73. The summed E-state index contributed by atoms with van der Waals surface area (Å²) in [5, 5.41) is 6.51. The van der Waals surface area contributed by atoms with Gasteiger partial charge in [0.1, 0.15) is 28.4 Å². The van der Waals surface area contributed by atoms with Crippen LogP contribution in [0.3, 0.4) is 0 Å². The Morgan fingerprint density at radius 3 is 2.73 bits per heavy atom.